The molecule has 1 N–H and O–H groups in total. The number of nitrogens with one attached hydrogen (secondary N) is 1. The molecule has 2 aromatic carbocycles. The summed E-state index contributed by atoms with van der Waals surface area (Å²) in [5, 5.41) is 7.76. The first-order valence-electron chi connectivity index (χ1n) is 11.3. The molecule has 32 heavy (non-hydrogen) atoms. The molecule has 1 aliphatic heterocycles. The van der Waals surface area contributed by atoms with Gasteiger partial charge in [-0.3, -0.25) is 9.59 Å². The molecular weight excluding hydrogens is 400 g/mol. The molecule has 1 amide bonds. The van der Waals surface area contributed by atoms with Crippen molar-refractivity contribution >= 4 is 11.7 Å². The fraction of sp³-hybridized carbons (Fsp3) is 0.346. The Balaban J connectivity index is 1.39. The second-order valence-electron chi connectivity index (χ2n) is 8.36. The summed E-state index contributed by atoms with van der Waals surface area (Å²) in [6, 6.07) is 21.3. The molecule has 1 atom stereocenters. The molecule has 1 aromatic heterocycles. The van der Waals surface area contributed by atoms with E-state index < -0.39 is 0 Å². The number of aryl methyl sites for hydroxylation is 1. The van der Waals surface area contributed by atoms with Gasteiger partial charge in [0.1, 0.15) is 5.82 Å². The monoisotopic (exact) mass is 430 g/mol. The van der Waals surface area contributed by atoms with Crippen molar-refractivity contribution in [1.82, 2.24) is 15.1 Å². The average Bonchev–Trinajstić information content (AvgIpc) is 2.85. The Morgan fingerprint density at radius 2 is 1.72 bits per heavy atom. The van der Waals surface area contributed by atoms with Crippen molar-refractivity contribution in [1.29, 1.82) is 0 Å². The summed E-state index contributed by atoms with van der Waals surface area (Å²) in [6.45, 7) is 5.59. The fourth-order valence-electron chi connectivity index (χ4n) is 4.16. The van der Waals surface area contributed by atoms with Gasteiger partial charge in [-0.25, -0.2) is 0 Å². The molecule has 1 aliphatic rings. The van der Waals surface area contributed by atoms with E-state index in [0.29, 0.717) is 0 Å². The summed E-state index contributed by atoms with van der Waals surface area (Å²) in [5.74, 6) is 0.862. The van der Waals surface area contributed by atoms with Crippen LogP contribution in [0.2, 0.25) is 0 Å². The first kappa shape index (κ1) is 21.8. The van der Waals surface area contributed by atoms with Gasteiger partial charge in [-0.1, -0.05) is 49.4 Å². The summed E-state index contributed by atoms with van der Waals surface area (Å²) in [7, 11) is 0. The van der Waals surface area contributed by atoms with Crippen molar-refractivity contribution < 1.29 is 4.79 Å². The first-order chi connectivity index (χ1) is 15.5. The summed E-state index contributed by atoms with van der Waals surface area (Å²) in [5.41, 5.74) is 2.94. The number of amides is 1. The second-order valence-corrected chi connectivity index (χ2v) is 8.36. The van der Waals surface area contributed by atoms with Gasteiger partial charge in [0.2, 0.25) is 5.91 Å². The molecule has 0 aliphatic carbocycles. The Hall–Kier alpha value is -3.41. The van der Waals surface area contributed by atoms with Gasteiger partial charge in [0, 0.05) is 25.1 Å². The number of benzene rings is 2. The number of carbonyl (C=O) groups excluding carboxylic acids is 1. The van der Waals surface area contributed by atoms with Crippen LogP contribution in [0.3, 0.4) is 0 Å². The molecule has 2 heterocycles. The number of rotatable bonds is 6. The molecule has 1 unspecified atom stereocenters. The van der Waals surface area contributed by atoms with Gasteiger partial charge in [-0.2, -0.15) is 4.68 Å². The van der Waals surface area contributed by atoms with Crippen LogP contribution in [0.25, 0.3) is 5.69 Å². The number of nitrogens with zero attached hydrogens (tertiary/aromatic N) is 3. The number of aromatic nitrogens is 2. The van der Waals surface area contributed by atoms with Gasteiger partial charge in [-0.05, 0) is 55.5 Å². The van der Waals surface area contributed by atoms with Crippen molar-refractivity contribution in [2.75, 3.05) is 18.0 Å². The molecule has 1 saturated heterocycles. The van der Waals surface area contributed by atoms with E-state index >= 15 is 0 Å². The van der Waals surface area contributed by atoms with E-state index in [4.69, 9.17) is 0 Å². The SMILES string of the molecule is CCc1ccc(-n2nc(N3CCC(C(=O)NC(C)c4ccccc4)CC3)ccc2=O)cc1. The highest BCUT2D eigenvalue weighted by molar-refractivity contribution is 5.79. The van der Waals surface area contributed by atoms with E-state index in [0.717, 1.165) is 49.4 Å². The maximum absolute atomic E-state index is 12.8. The molecule has 3 aromatic rings. The predicted molar refractivity (Wildman–Crippen MR) is 127 cm³/mol. The molecule has 6 nitrogen and oxygen atoms in total. The normalized spacial score (nSPS) is 15.4. The molecular formula is C26H30N4O2. The number of carbonyl (C=O) groups is 1. The van der Waals surface area contributed by atoms with E-state index in [9.17, 15) is 9.59 Å². The van der Waals surface area contributed by atoms with Gasteiger partial charge in [0.05, 0.1) is 11.7 Å². The minimum Gasteiger partial charge on any atom is -0.355 e. The molecule has 1 fully saturated rings. The minimum atomic E-state index is -0.151. The molecule has 6 heteroatoms. The maximum Gasteiger partial charge on any atom is 0.271 e. The average molecular weight is 431 g/mol. The van der Waals surface area contributed by atoms with Crippen molar-refractivity contribution in [3.8, 4) is 5.69 Å². The highest BCUT2D eigenvalue weighted by Gasteiger charge is 2.27. The summed E-state index contributed by atoms with van der Waals surface area (Å²) >= 11 is 0. The second kappa shape index (κ2) is 9.81. The van der Waals surface area contributed by atoms with Gasteiger partial charge in [0.15, 0.2) is 0 Å². The zero-order valence-corrected chi connectivity index (χ0v) is 18.7. The minimum absolute atomic E-state index is 0.00829. The highest BCUT2D eigenvalue weighted by atomic mass is 16.2. The summed E-state index contributed by atoms with van der Waals surface area (Å²) < 4.78 is 1.45. The van der Waals surface area contributed by atoms with Crippen molar-refractivity contribution in [3.05, 3.63) is 88.2 Å². The van der Waals surface area contributed by atoms with Crippen molar-refractivity contribution in [2.45, 2.75) is 39.2 Å². The molecule has 0 radical (unpaired) electrons. The Morgan fingerprint density at radius 3 is 2.38 bits per heavy atom. The third kappa shape index (κ3) is 4.90. The topological polar surface area (TPSA) is 67.2 Å². The van der Waals surface area contributed by atoms with Crippen LogP contribution in [0, 0.1) is 5.92 Å². The largest absolute Gasteiger partial charge is 0.355 e. The van der Waals surface area contributed by atoms with Gasteiger partial charge in [-0.15, -0.1) is 5.10 Å². The Labute approximate surface area is 188 Å². The molecule has 0 spiro atoms. The highest BCUT2D eigenvalue weighted by Crippen LogP contribution is 2.23. The maximum atomic E-state index is 12.8. The lowest BCUT2D eigenvalue weighted by Crippen LogP contribution is -2.42. The van der Waals surface area contributed by atoms with Gasteiger partial charge in [0.25, 0.3) is 5.56 Å². The van der Waals surface area contributed by atoms with E-state index in [2.05, 4.69) is 22.2 Å². The molecule has 166 valence electrons. The quantitative estimate of drug-likeness (QED) is 0.644. The number of hydrogen-bond donors (Lipinski definition) is 1. The zero-order chi connectivity index (χ0) is 22.5. The Kier molecular flexibility index (Phi) is 6.69. The van der Waals surface area contributed by atoms with Crippen LogP contribution >= 0.6 is 0 Å². The smallest absolute Gasteiger partial charge is 0.271 e. The van der Waals surface area contributed by atoms with E-state index in [1.165, 1.54) is 10.2 Å². The van der Waals surface area contributed by atoms with E-state index in [1.807, 2.05) is 61.5 Å². The third-order valence-corrected chi connectivity index (χ3v) is 6.22. The number of piperidine rings is 1. The van der Waals surface area contributed by atoms with Crippen molar-refractivity contribution in [3.63, 3.8) is 0 Å². The third-order valence-electron chi connectivity index (χ3n) is 6.22. The van der Waals surface area contributed by atoms with Gasteiger partial charge >= 0.3 is 0 Å². The summed E-state index contributed by atoms with van der Waals surface area (Å²) in [4.78, 5) is 27.3. The van der Waals surface area contributed by atoms with Crippen molar-refractivity contribution in [2.24, 2.45) is 5.92 Å². The Morgan fingerprint density at radius 1 is 1.03 bits per heavy atom. The van der Waals surface area contributed by atoms with E-state index in [-0.39, 0.29) is 23.4 Å². The summed E-state index contributed by atoms with van der Waals surface area (Å²) in [6.07, 6.45) is 2.48. The predicted octanol–water partition coefficient (Wildman–Crippen LogP) is 3.89. The van der Waals surface area contributed by atoms with Crippen LogP contribution in [-0.4, -0.2) is 28.8 Å². The van der Waals surface area contributed by atoms with Crippen LogP contribution in [0.5, 0.6) is 0 Å². The standard InChI is InChI=1S/C26H30N4O2/c1-3-20-9-11-23(12-10-20)30-25(31)14-13-24(28-30)29-17-15-22(16-18-29)26(32)27-19(2)21-7-5-4-6-8-21/h4-14,19,22H,3,15-18H2,1-2H3,(H,27,32). The molecule has 0 bridgehead atoms. The molecule has 0 saturated carbocycles. The lowest BCUT2D eigenvalue weighted by Gasteiger charge is -2.32. The van der Waals surface area contributed by atoms with Crippen LogP contribution < -0.4 is 15.8 Å². The first-order valence-corrected chi connectivity index (χ1v) is 11.3. The van der Waals surface area contributed by atoms with E-state index in [1.54, 1.807) is 12.1 Å². The van der Waals surface area contributed by atoms with Crippen LogP contribution in [-0.2, 0) is 11.2 Å². The van der Waals surface area contributed by atoms with Crippen LogP contribution in [0.1, 0.15) is 43.9 Å². The fourth-order valence-corrected chi connectivity index (χ4v) is 4.16. The number of anilines is 1. The molecule has 4 rings (SSSR count). The Bertz CT molecular complexity index is 1100. The lowest BCUT2D eigenvalue weighted by molar-refractivity contribution is -0.126. The van der Waals surface area contributed by atoms with Crippen LogP contribution in [0.4, 0.5) is 5.82 Å². The number of hydrogen-bond acceptors (Lipinski definition) is 4. The van der Waals surface area contributed by atoms with Gasteiger partial charge < -0.3 is 10.2 Å². The van der Waals surface area contributed by atoms with Crippen LogP contribution in [0.15, 0.2) is 71.5 Å². The lowest BCUT2D eigenvalue weighted by atomic mass is 9.95. The zero-order valence-electron chi connectivity index (χ0n) is 18.7.